The topological polar surface area (TPSA) is 57.6 Å². The first-order chi connectivity index (χ1) is 10.2. The third kappa shape index (κ3) is 2.79. The number of anilines is 1. The van der Waals surface area contributed by atoms with Crippen molar-refractivity contribution in [1.29, 1.82) is 0 Å². The van der Waals surface area contributed by atoms with Crippen LogP contribution in [0.1, 0.15) is 37.2 Å². The monoisotopic (exact) mass is 305 g/mol. The number of carbonyl (C=O) groups is 2. The van der Waals surface area contributed by atoms with E-state index in [9.17, 15) is 14.7 Å². The molecule has 2 atom stereocenters. The van der Waals surface area contributed by atoms with Gasteiger partial charge in [-0.15, -0.1) is 11.8 Å². The number of fused-ring (bicyclic) bond motifs is 1. The van der Waals surface area contributed by atoms with Crippen LogP contribution < -0.4 is 4.90 Å². The van der Waals surface area contributed by atoms with Gasteiger partial charge in [0.15, 0.2) is 0 Å². The first-order valence-corrected chi connectivity index (χ1v) is 8.48. The quantitative estimate of drug-likeness (QED) is 0.913. The number of benzene rings is 1. The van der Waals surface area contributed by atoms with Gasteiger partial charge in [-0.1, -0.05) is 24.6 Å². The van der Waals surface area contributed by atoms with E-state index < -0.39 is 11.9 Å². The fourth-order valence-electron chi connectivity index (χ4n) is 3.16. The Kier molecular flexibility index (Phi) is 4.19. The fraction of sp³-hybridized carbons (Fsp3) is 0.500. The van der Waals surface area contributed by atoms with Crippen molar-refractivity contribution in [2.75, 3.05) is 17.2 Å². The summed E-state index contributed by atoms with van der Waals surface area (Å²) in [7, 11) is 0. The van der Waals surface area contributed by atoms with E-state index in [2.05, 4.69) is 0 Å². The number of hydrogen-bond donors (Lipinski definition) is 1. The lowest BCUT2D eigenvalue weighted by Crippen LogP contribution is -2.43. The second-order valence-corrected chi connectivity index (χ2v) is 6.89. The van der Waals surface area contributed by atoms with Crippen LogP contribution in [0.3, 0.4) is 0 Å². The minimum atomic E-state index is -0.804. The number of rotatable bonds is 2. The van der Waals surface area contributed by atoms with Crippen LogP contribution in [0.4, 0.5) is 5.69 Å². The van der Waals surface area contributed by atoms with Gasteiger partial charge in [0.25, 0.3) is 0 Å². The van der Waals surface area contributed by atoms with Crippen LogP contribution in [0, 0.1) is 0 Å². The Labute approximate surface area is 128 Å². The van der Waals surface area contributed by atoms with Gasteiger partial charge >= 0.3 is 5.97 Å². The average molecular weight is 305 g/mol. The van der Waals surface area contributed by atoms with Gasteiger partial charge in [0.2, 0.25) is 5.91 Å². The van der Waals surface area contributed by atoms with Gasteiger partial charge in [0, 0.05) is 12.2 Å². The highest BCUT2D eigenvalue weighted by atomic mass is 32.2. The number of aliphatic carboxylic acids is 1. The summed E-state index contributed by atoms with van der Waals surface area (Å²) in [6.07, 6.45) is 3.72. The Bertz CT molecular complexity index is 554. The lowest BCUT2D eigenvalue weighted by molar-refractivity contribution is -0.139. The maximum absolute atomic E-state index is 12.8. The molecule has 3 rings (SSSR count). The zero-order valence-corrected chi connectivity index (χ0v) is 12.6. The minimum Gasteiger partial charge on any atom is -0.481 e. The molecule has 0 bridgehead atoms. The second-order valence-electron chi connectivity index (χ2n) is 5.58. The third-order valence-corrected chi connectivity index (χ3v) is 5.63. The Morgan fingerprint density at radius 3 is 2.71 bits per heavy atom. The molecule has 0 aromatic heterocycles. The van der Waals surface area contributed by atoms with Crippen LogP contribution in [0.25, 0.3) is 0 Å². The van der Waals surface area contributed by atoms with E-state index in [0.717, 1.165) is 29.8 Å². The first-order valence-electron chi connectivity index (χ1n) is 7.43. The molecule has 0 saturated carbocycles. The summed E-state index contributed by atoms with van der Waals surface area (Å²) in [4.78, 5) is 25.9. The zero-order valence-electron chi connectivity index (χ0n) is 11.8. The minimum absolute atomic E-state index is 0.0354. The number of nitrogens with zero attached hydrogens (tertiary/aromatic N) is 1. The number of carboxylic acid groups (broad SMARTS) is 1. The lowest BCUT2D eigenvalue weighted by Gasteiger charge is -2.35. The molecule has 2 heterocycles. The van der Waals surface area contributed by atoms with Crippen molar-refractivity contribution in [3.63, 3.8) is 0 Å². The summed E-state index contributed by atoms with van der Waals surface area (Å²) in [6, 6.07) is 7.42. The standard InChI is InChI=1S/C16H19NO3S/c18-15(14-7-3-4-10-21-14)17-9-8-12(16(19)20)11-5-1-2-6-13(11)17/h1-2,5-6,12,14H,3-4,7-10H2,(H,19,20). The maximum Gasteiger partial charge on any atom is 0.311 e. The molecule has 112 valence electrons. The summed E-state index contributed by atoms with van der Waals surface area (Å²) >= 11 is 1.74. The fourth-order valence-corrected chi connectivity index (χ4v) is 4.42. The highest BCUT2D eigenvalue weighted by molar-refractivity contribution is 8.00. The Balaban J connectivity index is 1.88. The molecule has 21 heavy (non-hydrogen) atoms. The van der Waals surface area contributed by atoms with E-state index in [0.29, 0.717) is 13.0 Å². The number of hydrogen-bond acceptors (Lipinski definition) is 3. The van der Waals surface area contributed by atoms with E-state index in [4.69, 9.17) is 0 Å². The molecule has 2 unspecified atom stereocenters. The van der Waals surface area contributed by atoms with Gasteiger partial charge in [-0.2, -0.15) is 0 Å². The van der Waals surface area contributed by atoms with Gasteiger partial charge in [-0.05, 0) is 36.6 Å². The maximum atomic E-state index is 12.8. The highest BCUT2D eigenvalue weighted by Gasteiger charge is 2.35. The van der Waals surface area contributed by atoms with E-state index in [1.807, 2.05) is 24.3 Å². The average Bonchev–Trinajstić information content (AvgIpc) is 2.54. The van der Waals surface area contributed by atoms with Crippen molar-refractivity contribution in [3.8, 4) is 0 Å². The van der Waals surface area contributed by atoms with E-state index >= 15 is 0 Å². The normalized spacial score (nSPS) is 25.2. The lowest BCUT2D eigenvalue weighted by atomic mass is 9.89. The molecule has 1 aromatic rings. The smallest absolute Gasteiger partial charge is 0.311 e. The number of carboxylic acids is 1. The number of thioether (sulfide) groups is 1. The van der Waals surface area contributed by atoms with Gasteiger partial charge in [-0.3, -0.25) is 9.59 Å². The summed E-state index contributed by atoms with van der Waals surface area (Å²) in [6.45, 7) is 0.504. The molecule has 1 saturated heterocycles. The molecule has 0 spiro atoms. The van der Waals surface area contributed by atoms with Crippen molar-refractivity contribution in [2.45, 2.75) is 36.9 Å². The predicted octanol–water partition coefficient (Wildman–Crippen LogP) is 2.88. The SMILES string of the molecule is O=C(O)C1CCN(C(=O)C2CCCCS2)c2ccccc21. The Morgan fingerprint density at radius 2 is 2.00 bits per heavy atom. The zero-order chi connectivity index (χ0) is 14.8. The molecular weight excluding hydrogens is 286 g/mol. The van der Waals surface area contributed by atoms with E-state index in [-0.39, 0.29) is 11.2 Å². The number of para-hydroxylation sites is 1. The van der Waals surface area contributed by atoms with Crippen LogP contribution in [-0.2, 0) is 9.59 Å². The molecule has 5 heteroatoms. The van der Waals surface area contributed by atoms with Crippen LogP contribution in [0.5, 0.6) is 0 Å². The second kappa shape index (κ2) is 6.10. The predicted molar refractivity (Wildman–Crippen MR) is 83.9 cm³/mol. The first kappa shape index (κ1) is 14.4. The number of carbonyl (C=O) groups excluding carboxylic acids is 1. The molecule has 4 nitrogen and oxygen atoms in total. The van der Waals surface area contributed by atoms with E-state index in [1.54, 1.807) is 16.7 Å². The third-order valence-electron chi connectivity index (χ3n) is 4.26. The molecule has 1 N–H and O–H groups in total. The number of amides is 1. The summed E-state index contributed by atoms with van der Waals surface area (Å²) < 4.78 is 0. The van der Waals surface area contributed by atoms with Crippen LogP contribution in [-0.4, -0.2) is 34.5 Å². The van der Waals surface area contributed by atoms with Gasteiger partial charge in [0.05, 0.1) is 11.2 Å². The summed E-state index contributed by atoms with van der Waals surface area (Å²) in [5.74, 6) is -0.106. The van der Waals surface area contributed by atoms with Crippen molar-refractivity contribution in [2.24, 2.45) is 0 Å². The van der Waals surface area contributed by atoms with Crippen LogP contribution >= 0.6 is 11.8 Å². The Hall–Kier alpha value is -1.49. The van der Waals surface area contributed by atoms with Gasteiger partial charge in [-0.25, -0.2) is 0 Å². The molecular formula is C16H19NO3S. The molecule has 0 radical (unpaired) electrons. The van der Waals surface area contributed by atoms with Crippen LogP contribution in [0.15, 0.2) is 24.3 Å². The summed E-state index contributed by atoms with van der Waals surface area (Å²) in [5, 5.41) is 9.39. The van der Waals surface area contributed by atoms with Gasteiger partial charge in [0.1, 0.15) is 0 Å². The molecule has 2 aliphatic rings. The van der Waals surface area contributed by atoms with Crippen molar-refractivity contribution in [1.82, 2.24) is 0 Å². The molecule has 1 amide bonds. The molecule has 1 fully saturated rings. The van der Waals surface area contributed by atoms with Crippen molar-refractivity contribution < 1.29 is 14.7 Å². The molecule has 2 aliphatic heterocycles. The van der Waals surface area contributed by atoms with Crippen molar-refractivity contribution >= 4 is 29.3 Å². The van der Waals surface area contributed by atoms with Gasteiger partial charge < -0.3 is 10.0 Å². The molecule has 1 aromatic carbocycles. The Morgan fingerprint density at radius 1 is 1.19 bits per heavy atom. The van der Waals surface area contributed by atoms with Crippen molar-refractivity contribution in [3.05, 3.63) is 29.8 Å². The summed E-state index contributed by atoms with van der Waals surface area (Å²) in [5.41, 5.74) is 1.55. The largest absolute Gasteiger partial charge is 0.481 e. The van der Waals surface area contributed by atoms with E-state index in [1.165, 1.54) is 6.42 Å². The molecule has 0 aliphatic carbocycles. The van der Waals surface area contributed by atoms with Crippen LogP contribution in [0.2, 0.25) is 0 Å². The highest BCUT2D eigenvalue weighted by Crippen LogP contribution is 2.37.